The third kappa shape index (κ3) is 10.7. The minimum Gasteiger partial charge on any atom is -0.480 e. The smallest absolute Gasteiger partial charge is 0.326 e. The highest BCUT2D eigenvalue weighted by atomic mass is 16.4. The second-order valence-electron chi connectivity index (χ2n) is 7.76. The highest BCUT2D eigenvalue weighted by molar-refractivity contribution is 5.95. The quantitative estimate of drug-likeness (QED) is 0.125. The standard InChI is InChI=1S/C18H32N6O8/c1-7(2)4-10(22-15(28)9(19)5-12(20)26)16(29)24-14(8(3)25)17(30)23-11(18(31)32)6-13(21)27/h7-11,14,25H,4-6,19H2,1-3H3,(H2,20,26)(H2,21,27)(H,22,28)(H,23,30)(H,24,29)(H,31,32). The zero-order valence-electron chi connectivity index (χ0n) is 18.2. The van der Waals surface area contributed by atoms with Crippen molar-refractivity contribution in [1.29, 1.82) is 0 Å². The number of nitrogens with one attached hydrogen (secondary N) is 3. The minimum absolute atomic E-state index is 0.0933. The first-order chi connectivity index (χ1) is 14.6. The van der Waals surface area contributed by atoms with Gasteiger partial charge in [-0.05, 0) is 19.3 Å². The monoisotopic (exact) mass is 460 g/mol. The van der Waals surface area contributed by atoms with Gasteiger partial charge in [-0.3, -0.25) is 24.0 Å². The summed E-state index contributed by atoms with van der Waals surface area (Å²) in [6.07, 6.45) is -2.49. The van der Waals surface area contributed by atoms with E-state index in [1.165, 1.54) is 6.92 Å². The van der Waals surface area contributed by atoms with Crippen LogP contribution in [-0.2, 0) is 28.8 Å². The maximum atomic E-state index is 12.7. The number of hydrogen-bond acceptors (Lipinski definition) is 8. The van der Waals surface area contributed by atoms with Crippen molar-refractivity contribution >= 4 is 35.5 Å². The maximum Gasteiger partial charge on any atom is 0.326 e. The van der Waals surface area contributed by atoms with Crippen LogP contribution in [0.15, 0.2) is 0 Å². The maximum absolute atomic E-state index is 12.7. The van der Waals surface area contributed by atoms with E-state index >= 15 is 0 Å². The zero-order valence-corrected chi connectivity index (χ0v) is 18.2. The van der Waals surface area contributed by atoms with Gasteiger partial charge in [0, 0.05) is 0 Å². The van der Waals surface area contributed by atoms with Gasteiger partial charge in [0.1, 0.15) is 18.1 Å². The molecule has 182 valence electrons. The summed E-state index contributed by atoms with van der Waals surface area (Å²) < 4.78 is 0. The van der Waals surface area contributed by atoms with E-state index in [9.17, 15) is 33.9 Å². The van der Waals surface area contributed by atoms with E-state index in [2.05, 4.69) is 10.6 Å². The van der Waals surface area contributed by atoms with Gasteiger partial charge < -0.3 is 43.4 Å². The number of hydrogen-bond donors (Lipinski definition) is 8. The van der Waals surface area contributed by atoms with Crippen molar-refractivity contribution in [2.24, 2.45) is 23.1 Å². The van der Waals surface area contributed by atoms with Gasteiger partial charge in [-0.1, -0.05) is 13.8 Å². The molecule has 0 saturated heterocycles. The fourth-order valence-corrected chi connectivity index (χ4v) is 2.61. The van der Waals surface area contributed by atoms with E-state index in [1.807, 2.05) is 5.32 Å². The normalized spacial score (nSPS) is 15.6. The molecule has 0 aliphatic rings. The molecule has 0 aliphatic heterocycles. The van der Waals surface area contributed by atoms with Gasteiger partial charge in [0.2, 0.25) is 29.5 Å². The average molecular weight is 460 g/mol. The summed E-state index contributed by atoms with van der Waals surface area (Å²) >= 11 is 0. The van der Waals surface area contributed by atoms with E-state index in [1.54, 1.807) is 13.8 Å². The molecule has 0 aromatic rings. The molecule has 14 heteroatoms. The summed E-state index contributed by atoms with van der Waals surface area (Å²) in [6, 6.07) is -5.76. The van der Waals surface area contributed by atoms with Gasteiger partial charge in [-0.25, -0.2) is 4.79 Å². The van der Waals surface area contributed by atoms with Crippen LogP contribution in [0.2, 0.25) is 0 Å². The molecule has 32 heavy (non-hydrogen) atoms. The van der Waals surface area contributed by atoms with Crippen molar-refractivity contribution in [1.82, 2.24) is 16.0 Å². The number of nitrogens with two attached hydrogens (primary N) is 3. The number of aliphatic carboxylic acids is 1. The number of amides is 5. The van der Waals surface area contributed by atoms with Gasteiger partial charge in [-0.2, -0.15) is 0 Å². The second kappa shape index (κ2) is 13.2. The Morgan fingerprint density at radius 3 is 1.69 bits per heavy atom. The largest absolute Gasteiger partial charge is 0.480 e. The SMILES string of the molecule is CC(C)CC(NC(=O)C(N)CC(N)=O)C(=O)NC(C(=O)NC(CC(N)=O)C(=O)O)C(C)O. The zero-order chi connectivity index (χ0) is 25.2. The lowest BCUT2D eigenvalue weighted by molar-refractivity contribution is -0.144. The molecule has 0 saturated carbocycles. The van der Waals surface area contributed by atoms with Gasteiger partial charge in [0.25, 0.3) is 0 Å². The number of aliphatic hydroxyl groups is 1. The van der Waals surface area contributed by atoms with Gasteiger partial charge in [0.05, 0.1) is 25.0 Å². The van der Waals surface area contributed by atoms with Crippen LogP contribution in [0.5, 0.6) is 0 Å². The average Bonchev–Trinajstić information content (AvgIpc) is 2.62. The van der Waals surface area contributed by atoms with Gasteiger partial charge >= 0.3 is 5.97 Å². The number of primary amides is 2. The number of carbonyl (C=O) groups is 6. The van der Waals surface area contributed by atoms with Crippen LogP contribution in [0.25, 0.3) is 0 Å². The molecule has 0 radical (unpaired) electrons. The van der Waals surface area contributed by atoms with Crippen LogP contribution in [0.4, 0.5) is 0 Å². The first-order valence-corrected chi connectivity index (χ1v) is 9.79. The van der Waals surface area contributed by atoms with Crippen molar-refractivity contribution in [3.63, 3.8) is 0 Å². The molecule has 0 bridgehead atoms. The van der Waals surface area contributed by atoms with Crippen LogP contribution < -0.4 is 33.2 Å². The molecule has 5 unspecified atom stereocenters. The Bertz CT molecular complexity index is 726. The Labute approximate surface area is 184 Å². The minimum atomic E-state index is -1.67. The van der Waals surface area contributed by atoms with E-state index in [0.717, 1.165) is 0 Å². The van der Waals surface area contributed by atoms with Crippen LogP contribution >= 0.6 is 0 Å². The molecule has 5 atom stereocenters. The number of carboxylic acid groups (broad SMARTS) is 1. The van der Waals surface area contributed by atoms with Crippen molar-refractivity contribution in [3.05, 3.63) is 0 Å². The summed E-state index contributed by atoms with van der Waals surface area (Å²) in [5.74, 6) is -6.20. The van der Waals surface area contributed by atoms with E-state index in [4.69, 9.17) is 22.3 Å². The lowest BCUT2D eigenvalue weighted by atomic mass is 10.0. The Hall–Kier alpha value is -3.26. The van der Waals surface area contributed by atoms with Crippen molar-refractivity contribution < 1.29 is 39.0 Å². The Balaban J connectivity index is 5.45. The van der Waals surface area contributed by atoms with E-state index in [-0.39, 0.29) is 12.3 Å². The third-order valence-electron chi connectivity index (χ3n) is 4.18. The summed E-state index contributed by atoms with van der Waals surface area (Å²) in [5, 5.41) is 25.7. The van der Waals surface area contributed by atoms with Crippen molar-refractivity contribution in [2.75, 3.05) is 0 Å². The molecule has 0 aromatic carbocycles. The molecule has 0 aromatic heterocycles. The predicted molar refractivity (Wildman–Crippen MR) is 110 cm³/mol. The predicted octanol–water partition coefficient (Wildman–Crippen LogP) is -3.97. The third-order valence-corrected chi connectivity index (χ3v) is 4.18. The highest BCUT2D eigenvalue weighted by Gasteiger charge is 2.33. The molecule has 0 spiro atoms. The number of rotatable bonds is 14. The Morgan fingerprint density at radius 2 is 1.28 bits per heavy atom. The molecular weight excluding hydrogens is 428 g/mol. The first kappa shape index (κ1) is 28.7. The van der Waals surface area contributed by atoms with Gasteiger partial charge in [-0.15, -0.1) is 0 Å². The molecular formula is C18H32N6O8. The summed E-state index contributed by atoms with van der Waals surface area (Å²) in [7, 11) is 0. The first-order valence-electron chi connectivity index (χ1n) is 9.79. The fourth-order valence-electron chi connectivity index (χ4n) is 2.61. The lowest BCUT2D eigenvalue weighted by Gasteiger charge is -2.27. The van der Waals surface area contributed by atoms with Crippen LogP contribution in [0, 0.1) is 5.92 Å². The highest BCUT2D eigenvalue weighted by Crippen LogP contribution is 2.07. The Kier molecular flexibility index (Phi) is 11.9. The summed E-state index contributed by atoms with van der Waals surface area (Å²) in [6.45, 7) is 4.69. The van der Waals surface area contributed by atoms with Crippen molar-refractivity contribution in [2.45, 2.75) is 70.3 Å². The topological polar surface area (TPSA) is 257 Å². The fraction of sp³-hybridized carbons (Fsp3) is 0.667. The second-order valence-corrected chi connectivity index (χ2v) is 7.76. The molecule has 5 amide bonds. The molecule has 0 heterocycles. The number of carboxylic acids is 1. The summed E-state index contributed by atoms with van der Waals surface area (Å²) in [4.78, 5) is 70.5. The van der Waals surface area contributed by atoms with Crippen LogP contribution in [0.1, 0.15) is 40.0 Å². The van der Waals surface area contributed by atoms with E-state index < -0.39 is 78.6 Å². The molecule has 0 rings (SSSR count). The molecule has 14 nitrogen and oxygen atoms in total. The number of aliphatic hydroxyl groups excluding tert-OH is 1. The number of carbonyl (C=O) groups excluding carboxylic acids is 5. The lowest BCUT2D eigenvalue weighted by Crippen LogP contribution is -2.60. The van der Waals surface area contributed by atoms with E-state index in [0.29, 0.717) is 0 Å². The molecule has 11 N–H and O–H groups in total. The summed E-state index contributed by atoms with van der Waals surface area (Å²) in [5.41, 5.74) is 15.5. The van der Waals surface area contributed by atoms with Crippen LogP contribution in [-0.4, -0.2) is 76.0 Å². The Morgan fingerprint density at radius 1 is 0.781 bits per heavy atom. The molecule has 0 fully saturated rings. The molecule has 0 aliphatic carbocycles. The van der Waals surface area contributed by atoms with Crippen LogP contribution in [0.3, 0.4) is 0 Å². The van der Waals surface area contributed by atoms with Crippen molar-refractivity contribution in [3.8, 4) is 0 Å². The van der Waals surface area contributed by atoms with Gasteiger partial charge in [0.15, 0.2) is 0 Å².